The number of rotatable bonds is 3. The number of non-ortho nitro benzene ring substituents is 1. The standard InChI is InChI=1S/C22H21N3O5/c1-12-11-17-19(21(26)18(12)22(27)30-2)20(13-7-9-14(10-8-13)25(28)29)24-16-6-4-3-5-15(16)23-17/h3-10,12,18,20,23-24H,11H2,1-2H3/t12-,18-,20+/m1/s1. The lowest BCUT2D eigenvalue weighted by molar-refractivity contribution is -0.384. The number of nitrogens with one attached hydrogen (secondary N) is 2. The van der Waals surface area contributed by atoms with Crippen LogP contribution < -0.4 is 10.6 Å². The number of ether oxygens (including phenoxy) is 1. The molecule has 0 bridgehead atoms. The predicted molar refractivity (Wildman–Crippen MR) is 111 cm³/mol. The van der Waals surface area contributed by atoms with Gasteiger partial charge in [-0.15, -0.1) is 0 Å². The molecule has 2 aromatic carbocycles. The van der Waals surface area contributed by atoms with Crippen molar-refractivity contribution in [3.8, 4) is 0 Å². The van der Waals surface area contributed by atoms with E-state index in [4.69, 9.17) is 4.74 Å². The number of ketones is 1. The average molecular weight is 407 g/mol. The van der Waals surface area contributed by atoms with Crippen molar-refractivity contribution >= 4 is 28.8 Å². The van der Waals surface area contributed by atoms with Crippen LogP contribution in [0.2, 0.25) is 0 Å². The normalized spacial score (nSPS) is 22.7. The summed E-state index contributed by atoms with van der Waals surface area (Å²) in [5.41, 5.74) is 3.48. The second-order valence-corrected chi connectivity index (χ2v) is 7.54. The van der Waals surface area contributed by atoms with Crippen LogP contribution in [0.5, 0.6) is 0 Å². The molecule has 1 heterocycles. The van der Waals surface area contributed by atoms with Crippen molar-refractivity contribution in [2.75, 3.05) is 17.7 Å². The number of Topliss-reactive ketones (excluding diaryl/α,β-unsaturated/α-hetero) is 1. The molecule has 3 atom stereocenters. The molecule has 1 aliphatic carbocycles. The van der Waals surface area contributed by atoms with Gasteiger partial charge in [-0.3, -0.25) is 19.7 Å². The van der Waals surface area contributed by atoms with Gasteiger partial charge in [0.15, 0.2) is 5.78 Å². The molecule has 2 N–H and O–H groups in total. The Kier molecular flexibility index (Phi) is 4.99. The Bertz CT molecular complexity index is 1060. The van der Waals surface area contributed by atoms with Gasteiger partial charge in [-0.05, 0) is 42.2 Å². The van der Waals surface area contributed by atoms with Crippen molar-refractivity contribution in [2.24, 2.45) is 11.8 Å². The van der Waals surface area contributed by atoms with Crippen LogP contribution >= 0.6 is 0 Å². The summed E-state index contributed by atoms with van der Waals surface area (Å²) in [5, 5.41) is 17.8. The molecule has 30 heavy (non-hydrogen) atoms. The number of carbonyl (C=O) groups excluding carboxylic acids is 2. The fourth-order valence-electron chi connectivity index (χ4n) is 4.17. The third-order valence-corrected chi connectivity index (χ3v) is 5.66. The summed E-state index contributed by atoms with van der Waals surface area (Å²) in [4.78, 5) is 36.4. The van der Waals surface area contributed by atoms with Gasteiger partial charge in [0.25, 0.3) is 5.69 Å². The lowest BCUT2D eigenvalue weighted by atomic mass is 9.75. The largest absolute Gasteiger partial charge is 0.468 e. The van der Waals surface area contributed by atoms with Crippen molar-refractivity contribution in [1.82, 2.24) is 0 Å². The van der Waals surface area contributed by atoms with Crippen LogP contribution in [0.15, 0.2) is 59.8 Å². The Morgan fingerprint density at radius 1 is 1.13 bits per heavy atom. The highest BCUT2D eigenvalue weighted by atomic mass is 16.6. The maximum Gasteiger partial charge on any atom is 0.316 e. The maximum atomic E-state index is 13.5. The molecule has 0 radical (unpaired) electrons. The monoisotopic (exact) mass is 407 g/mol. The molecule has 4 rings (SSSR count). The van der Waals surface area contributed by atoms with Crippen LogP contribution in [0.25, 0.3) is 0 Å². The second-order valence-electron chi connectivity index (χ2n) is 7.54. The van der Waals surface area contributed by atoms with Gasteiger partial charge in [0.05, 0.1) is 29.4 Å². The first-order valence-corrected chi connectivity index (χ1v) is 9.62. The number of methoxy groups -OCH3 is 1. The SMILES string of the molecule is COC(=O)[C@H]1C(=O)C2=C(C[C@H]1C)Nc1ccccc1N[C@H]2c1ccc([N+](=O)[O-])cc1. The van der Waals surface area contributed by atoms with Gasteiger partial charge in [0, 0.05) is 23.4 Å². The van der Waals surface area contributed by atoms with Gasteiger partial charge in [0.2, 0.25) is 0 Å². The van der Waals surface area contributed by atoms with Crippen molar-refractivity contribution < 1.29 is 19.2 Å². The zero-order chi connectivity index (χ0) is 21.4. The minimum atomic E-state index is -0.890. The number of esters is 1. The minimum Gasteiger partial charge on any atom is -0.468 e. The van der Waals surface area contributed by atoms with Crippen LogP contribution in [-0.4, -0.2) is 23.8 Å². The number of hydrogen-bond acceptors (Lipinski definition) is 7. The van der Waals surface area contributed by atoms with Crippen LogP contribution in [0.1, 0.15) is 24.9 Å². The Hall–Kier alpha value is -3.68. The summed E-state index contributed by atoms with van der Waals surface area (Å²) in [6.07, 6.45) is 0.500. The highest BCUT2D eigenvalue weighted by Crippen LogP contribution is 2.43. The number of nitrogens with zero attached hydrogens (tertiary/aromatic N) is 1. The van der Waals surface area contributed by atoms with Gasteiger partial charge >= 0.3 is 5.97 Å². The number of benzene rings is 2. The molecule has 1 aliphatic heterocycles. The van der Waals surface area contributed by atoms with Gasteiger partial charge in [-0.1, -0.05) is 19.1 Å². The number of anilines is 2. The summed E-state index contributed by atoms with van der Waals surface area (Å²) >= 11 is 0. The van der Waals surface area contributed by atoms with Crippen LogP contribution in [0.3, 0.4) is 0 Å². The number of fused-ring (bicyclic) bond motifs is 1. The van der Waals surface area contributed by atoms with E-state index >= 15 is 0 Å². The van der Waals surface area contributed by atoms with Gasteiger partial charge in [-0.2, -0.15) is 0 Å². The van der Waals surface area contributed by atoms with Crippen molar-refractivity contribution in [3.05, 3.63) is 75.5 Å². The third-order valence-electron chi connectivity index (χ3n) is 5.66. The first kappa shape index (κ1) is 19.6. The van der Waals surface area contributed by atoms with E-state index in [0.29, 0.717) is 17.6 Å². The molecular weight excluding hydrogens is 386 g/mol. The third kappa shape index (κ3) is 3.30. The Morgan fingerprint density at radius 2 is 1.80 bits per heavy atom. The summed E-state index contributed by atoms with van der Waals surface area (Å²) < 4.78 is 4.89. The van der Waals surface area contributed by atoms with E-state index < -0.39 is 22.9 Å². The van der Waals surface area contributed by atoms with Crippen LogP contribution in [0, 0.1) is 22.0 Å². The lowest BCUT2D eigenvalue weighted by Crippen LogP contribution is -2.39. The summed E-state index contributed by atoms with van der Waals surface area (Å²) in [6, 6.07) is 13.1. The van der Waals surface area contributed by atoms with Crippen LogP contribution in [0.4, 0.5) is 17.1 Å². The lowest BCUT2D eigenvalue weighted by Gasteiger charge is -2.32. The molecule has 8 nitrogen and oxygen atoms in total. The van der Waals surface area contributed by atoms with E-state index in [9.17, 15) is 19.7 Å². The van der Waals surface area contributed by atoms with Crippen molar-refractivity contribution in [3.63, 3.8) is 0 Å². The molecule has 0 fully saturated rings. The zero-order valence-corrected chi connectivity index (χ0v) is 16.5. The second kappa shape index (κ2) is 7.62. The van der Waals surface area contributed by atoms with E-state index in [1.54, 1.807) is 12.1 Å². The van der Waals surface area contributed by atoms with Crippen molar-refractivity contribution in [1.29, 1.82) is 0 Å². The number of para-hydroxylation sites is 2. The smallest absolute Gasteiger partial charge is 0.316 e. The highest BCUT2D eigenvalue weighted by molar-refractivity contribution is 6.11. The molecule has 2 aromatic rings. The highest BCUT2D eigenvalue weighted by Gasteiger charge is 2.44. The number of carbonyl (C=O) groups is 2. The molecule has 0 saturated carbocycles. The van der Waals surface area contributed by atoms with E-state index in [1.165, 1.54) is 19.2 Å². The summed E-state index contributed by atoms with van der Waals surface area (Å²) in [6.45, 7) is 1.86. The molecule has 0 spiro atoms. The molecule has 0 amide bonds. The van der Waals surface area contributed by atoms with E-state index in [2.05, 4.69) is 10.6 Å². The maximum absolute atomic E-state index is 13.5. The zero-order valence-electron chi connectivity index (χ0n) is 16.5. The Labute approximate surface area is 173 Å². The molecule has 2 aliphatic rings. The summed E-state index contributed by atoms with van der Waals surface area (Å²) in [7, 11) is 1.28. The molecule has 154 valence electrons. The van der Waals surface area contributed by atoms with Gasteiger partial charge in [0.1, 0.15) is 5.92 Å². The number of allylic oxidation sites excluding steroid dienone is 1. The predicted octanol–water partition coefficient (Wildman–Crippen LogP) is 3.83. The topological polar surface area (TPSA) is 111 Å². The fourth-order valence-corrected chi connectivity index (χ4v) is 4.17. The number of hydrogen-bond donors (Lipinski definition) is 2. The molecule has 0 saturated heterocycles. The first-order chi connectivity index (χ1) is 14.4. The Balaban J connectivity index is 1.85. The van der Waals surface area contributed by atoms with Crippen molar-refractivity contribution in [2.45, 2.75) is 19.4 Å². The molecule has 8 heteroatoms. The van der Waals surface area contributed by atoms with E-state index in [0.717, 1.165) is 17.1 Å². The minimum absolute atomic E-state index is 0.0314. The first-order valence-electron chi connectivity index (χ1n) is 9.62. The van der Waals surface area contributed by atoms with Gasteiger partial charge in [-0.25, -0.2) is 0 Å². The molecule has 0 unspecified atom stereocenters. The summed E-state index contributed by atoms with van der Waals surface area (Å²) in [5.74, 6) is -1.96. The van der Waals surface area contributed by atoms with Gasteiger partial charge < -0.3 is 15.4 Å². The number of nitro benzene ring substituents is 1. The molecule has 0 aromatic heterocycles. The number of nitro groups is 1. The van der Waals surface area contributed by atoms with E-state index in [-0.39, 0.29) is 17.4 Å². The van der Waals surface area contributed by atoms with E-state index in [1.807, 2.05) is 31.2 Å². The average Bonchev–Trinajstić information content (AvgIpc) is 2.90. The Morgan fingerprint density at radius 3 is 2.43 bits per heavy atom. The van der Waals surface area contributed by atoms with Crippen LogP contribution in [-0.2, 0) is 14.3 Å². The molecular formula is C22H21N3O5. The quantitative estimate of drug-likeness (QED) is 0.344. The fraction of sp³-hybridized carbons (Fsp3) is 0.273.